The number of carbonyl (C=O) groups excluding carboxylic acids is 1. The van der Waals surface area contributed by atoms with E-state index in [-0.39, 0.29) is 5.91 Å². The van der Waals surface area contributed by atoms with E-state index in [0.717, 1.165) is 24.3 Å². The van der Waals surface area contributed by atoms with E-state index in [1.54, 1.807) is 11.0 Å². The summed E-state index contributed by atoms with van der Waals surface area (Å²) in [5.74, 6) is -0.163. The molecule has 19 heavy (non-hydrogen) atoms. The van der Waals surface area contributed by atoms with Gasteiger partial charge in [-0.15, -0.1) is 0 Å². The number of fused-ring (bicyclic) bond motifs is 1. The Labute approximate surface area is 111 Å². The van der Waals surface area contributed by atoms with Crippen LogP contribution < -0.4 is 15.7 Å². The first kappa shape index (κ1) is 11.8. The third-order valence-corrected chi connectivity index (χ3v) is 3.06. The smallest absolute Gasteiger partial charge is 0.280 e. The van der Waals surface area contributed by atoms with Gasteiger partial charge in [0.25, 0.3) is 5.91 Å². The molecule has 0 spiro atoms. The highest BCUT2D eigenvalue weighted by atomic mass is 16.2. The second kappa shape index (κ2) is 4.76. The van der Waals surface area contributed by atoms with Gasteiger partial charge in [-0.05, 0) is 18.6 Å². The standard InChI is InChI=1S/C12H12BN5O/c13-8-2-3-11-9(6-8)14-4-1-5-18(11)12(19)10-7-15-17-16-10/h2-3,6-7,14H,1,4-5H2,(H,15,16,17). The summed E-state index contributed by atoms with van der Waals surface area (Å²) in [6, 6.07) is 5.47. The number of carbonyl (C=O) groups is 1. The minimum absolute atomic E-state index is 0.163. The highest BCUT2D eigenvalue weighted by molar-refractivity contribution is 6.32. The number of anilines is 2. The number of benzene rings is 1. The Kier molecular flexibility index (Phi) is 2.95. The lowest BCUT2D eigenvalue weighted by Crippen LogP contribution is -2.32. The van der Waals surface area contributed by atoms with Crippen LogP contribution in [0.3, 0.4) is 0 Å². The van der Waals surface area contributed by atoms with Gasteiger partial charge < -0.3 is 10.2 Å². The largest absolute Gasteiger partial charge is 0.383 e. The molecule has 0 bridgehead atoms. The van der Waals surface area contributed by atoms with E-state index < -0.39 is 0 Å². The van der Waals surface area contributed by atoms with E-state index in [4.69, 9.17) is 7.85 Å². The molecule has 0 fully saturated rings. The normalized spacial score (nSPS) is 14.4. The number of hydrogen-bond donors (Lipinski definition) is 2. The van der Waals surface area contributed by atoms with Crippen LogP contribution in [-0.2, 0) is 0 Å². The van der Waals surface area contributed by atoms with E-state index >= 15 is 0 Å². The van der Waals surface area contributed by atoms with Crippen LogP contribution in [0, 0.1) is 0 Å². The maximum absolute atomic E-state index is 12.4. The van der Waals surface area contributed by atoms with Crippen LogP contribution in [0.2, 0.25) is 0 Å². The molecule has 0 atom stereocenters. The molecule has 2 N–H and O–H groups in total. The van der Waals surface area contributed by atoms with E-state index in [0.29, 0.717) is 17.7 Å². The summed E-state index contributed by atoms with van der Waals surface area (Å²) in [5.41, 5.74) is 2.67. The average Bonchev–Trinajstić information content (AvgIpc) is 2.86. The predicted molar refractivity (Wildman–Crippen MR) is 73.0 cm³/mol. The van der Waals surface area contributed by atoms with Crippen LogP contribution in [0.5, 0.6) is 0 Å². The first-order valence-electron chi connectivity index (χ1n) is 6.07. The molecule has 0 unspecified atom stereocenters. The molecule has 1 aliphatic heterocycles. The first-order valence-corrected chi connectivity index (χ1v) is 6.07. The molecule has 2 heterocycles. The van der Waals surface area contributed by atoms with Gasteiger partial charge >= 0.3 is 0 Å². The number of H-pyrrole nitrogens is 1. The van der Waals surface area contributed by atoms with Gasteiger partial charge in [-0.1, -0.05) is 11.5 Å². The summed E-state index contributed by atoms with van der Waals surface area (Å²) >= 11 is 0. The van der Waals surface area contributed by atoms with Crippen molar-refractivity contribution in [3.8, 4) is 0 Å². The third kappa shape index (κ3) is 2.19. The molecule has 2 radical (unpaired) electrons. The van der Waals surface area contributed by atoms with Crippen molar-refractivity contribution in [2.24, 2.45) is 0 Å². The van der Waals surface area contributed by atoms with Crippen molar-refractivity contribution in [1.29, 1.82) is 0 Å². The molecule has 7 heteroatoms. The topological polar surface area (TPSA) is 73.9 Å². The molecule has 0 saturated heterocycles. The number of nitrogens with zero attached hydrogens (tertiary/aromatic N) is 3. The quantitative estimate of drug-likeness (QED) is 0.705. The van der Waals surface area contributed by atoms with Crippen molar-refractivity contribution < 1.29 is 4.79 Å². The van der Waals surface area contributed by atoms with Crippen LogP contribution in [0.1, 0.15) is 16.9 Å². The number of nitrogens with one attached hydrogen (secondary N) is 2. The molecular formula is C12H12BN5O. The minimum Gasteiger partial charge on any atom is -0.383 e. The Morgan fingerprint density at radius 2 is 2.32 bits per heavy atom. The van der Waals surface area contributed by atoms with Crippen LogP contribution in [0.25, 0.3) is 0 Å². The maximum Gasteiger partial charge on any atom is 0.280 e. The molecular weight excluding hydrogens is 241 g/mol. The predicted octanol–water partition coefficient (Wildman–Crippen LogP) is 0.0609. The molecule has 1 aromatic heterocycles. The number of rotatable bonds is 1. The van der Waals surface area contributed by atoms with Crippen LogP contribution in [0.4, 0.5) is 11.4 Å². The molecule has 1 aliphatic rings. The summed E-state index contributed by atoms with van der Waals surface area (Å²) in [4.78, 5) is 14.1. The molecule has 1 amide bonds. The number of hydrogen-bond acceptors (Lipinski definition) is 4. The van der Waals surface area contributed by atoms with Crippen molar-refractivity contribution in [3.63, 3.8) is 0 Å². The second-order valence-corrected chi connectivity index (χ2v) is 4.37. The maximum atomic E-state index is 12.4. The fraction of sp³-hybridized carbons (Fsp3) is 0.250. The lowest BCUT2D eigenvalue weighted by Gasteiger charge is -2.21. The van der Waals surface area contributed by atoms with E-state index in [9.17, 15) is 4.79 Å². The Morgan fingerprint density at radius 3 is 3.11 bits per heavy atom. The molecule has 1 aromatic carbocycles. The Bertz CT molecular complexity index is 598. The Morgan fingerprint density at radius 1 is 1.42 bits per heavy atom. The lowest BCUT2D eigenvalue weighted by atomic mass is 9.95. The fourth-order valence-electron chi connectivity index (χ4n) is 2.17. The van der Waals surface area contributed by atoms with Gasteiger partial charge in [0, 0.05) is 13.1 Å². The van der Waals surface area contributed by atoms with Crippen molar-refractivity contribution in [2.45, 2.75) is 6.42 Å². The van der Waals surface area contributed by atoms with Gasteiger partial charge in [-0.25, -0.2) is 0 Å². The molecule has 2 aromatic rings. The number of aromatic amines is 1. The van der Waals surface area contributed by atoms with Gasteiger partial charge in [0.1, 0.15) is 7.85 Å². The van der Waals surface area contributed by atoms with Crippen LogP contribution in [0.15, 0.2) is 24.4 Å². The fourth-order valence-corrected chi connectivity index (χ4v) is 2.17. The Hall–Kier alpha value is -2.31. The van der Waals surface area contributed by atoms with Crippen molar-refractivity contribution in [2.75, 3.05) is 23.3 Å². The first-order chi connectivity index (χ1) is 9.25. The van der Waals surface area contributed by atoms with E-state index in [1.807, 2.05) is 12.1 Å². The highest BCUT2D eigenvalue weighted by Gasteiger charge is 2.23. The number of amides is 1. The molecule has 0 aliphatic carbocycles. The monoisotopic (exact) mass is 253 g/mol. The zero-order chi connectivity index (χ0) is 13.2. The van der Waals surface area contributed by atoms with E-state index in [2.05, 4.69) is 20.7 Å². The van der Waals surface area contributed by atoms with Gasteiger partial charge in [0.15, 0.2) is 5.69 Å². The van der Waals surface area contributed by atoms with Gasteiger partial charge in [-0.3, -0.25) is 4.79 Å². The molecule has 94 valence electrons. The Balaban J connectivity index is 2.01. The zero-order valence-corrected chi connectivity index (χ0v) is 10.3. The minimum atomic E-state index is -0.163. The highest BCUT2D eigenvalue weighted by Crippen LogP contribution is 2.28. The molecule has 3 rings (SSSR count). The second-order valence-electron chi connectivity index (χ2n) is 4.37. The third-order valence-electron chi connectivity index (χ3n) is 3.06. The summed E-state index contributed by atoms with van der Waals surface area (Å²) in [5, 5.41) is 13.2. The molecule has 6 nitrogen and oxygen atoms in total. The molecule has 0 saturated carbocycles. The van der Waals surface area contributed by atoms with Crippen LogP contribution >= 0.6 is 0 Å². The lowest BCUT2D eigenvalue weighted by molar-refractivity contribution is 0.0982. The van der Waals surface area contributed by atoms with Crippen molar-refractivity contribution >= 4 is 30.6 Å². The van der Waals surface area contributed by atoms with Gasteiger partial charge in [0.2, 0.25) is 0 Å². The zero-order valence-electron chi connectivity index (χ0n) is 10.3. The average molecular weight is 253 g/mol. The van der Waals surface area contributed by atoms with Gasteiger partial charge in [-0.2, -0.15) is 15.4 Å². The summed E-state index contributed by atoms with van der Waals surface area (Å²) in [6.07, 6.45) is 2.29. The summed E-state index contributed by atoms with van der Waals surface area (Å²) < 4.78 is 0. The van der Waals surface area contributed by atoms with Crippen molar-refractivity contribution in [3.05, 3.63) is 30.1 Å². The SMILES string of the molecule is [B]c1ccc2c(c1)NCCCN2C(=O)c1cn[nH]n1. The number of aromatic nitrogens is 3. The van der Waals surface area contributed by atoms with Gasteiger partial charge in [0.05, 0.1) is 17.6 Å². The van der Waals surface area contributed by atoms with E-state index in [1.165, 1.54) is 6.20 Å². The van der Waals surface area contributed by atoms with Crippen LogP contribution in [-0.4, -0.2) is 42.3 Å². The van der Waals surface area contributed by atoms with Crippen molar-refractivity contribution in [1.82, 2.24) is 15.4 Å². The summed E-state index contributed by atoms with van der Waals surface area (Å²) in [7, 11) is 5.78. The summed E-state index contributed by atoms with van der Waals surface area (Å²) in [6.45, 7) is 1.44.